The van der Waals surface area contributed by atoms with Crippen molar-refractivity contribution in [2.75, 3.05) is 33.5 Å². The molecule has 1 saturated carbocycles. The molecular formula is C15H25NO4. The molecule has 5 nitrogen and oxygen atoms in total. The van der Waals surface area contributed by atoms with Crippen LogP contribution in [0.2, 0.25) is 0 Å². The Bertz CT molecular complexity index is 387. The highest BCUT2D eigenvalue weighted by Gasteiger charge is 2.20. The molecule has 1 aliphatic carbocycles. The summed E-state index contributed by atoms with van der Waals surface area (Å²) in [6, 6.07) is 2.78. The zero-order chi connectivity index (χ0) is 14.2. The largest absolute Gasteiger partial charge is 0.465 e. The number of hydrogen-bond donors (Lipinski definition) is 1. The van der Waals surface area contributed by atoms with Gasteiger partial charge in [-0.15, -0.1) is 0 Å². The Morgan fingerprint density at radius 2 is 1.95 bits per heavy atom. The number of aryl methyl sites for hydroxylation is 1. The Morgan fingerprint density at radius 1 is 1.20 bits per heavy atom. The van der Waals surface area contributed by atoms with Crippen molar-refractivity contribution in [2.45, 2.75) is 39.0 Å². The van der Waals surface area contributed by atoms with Crippen molar-refractivity contribution in [1.82, 2.24) is 5.32 Å². The average Bonchev–Trinajstić information content (AvgIpc) is 3.20. The molecule has 0 unspecified atom stereocenters. The molecule has 5 heteroatoms. The van der Waals surface area contributed by atoms with Crippen molar-refractivity contribution in [1.29, 1.82) is 0 Å². The second-order valence-electron chi connectivity index (χ2n) is 5.11. The van der Waals surface area contributed by atoms with Gasteiger partial charge in [0.25, 0.3) is 0 Å². The van der Waals surface area contributed by atoms with Crippen molar-refractivity contribution < 1.29 is 18.6 Å². The molecule has 0 radical (unpaired) electrons. The molecule has 0 spiro atoms. The lowest BCUT2D eigenvalue weighted by Gasteiger charge is -2.04. The minimum Gasteiger partial charge on any atom is -0.465 e. The fourth-order valence-corrected chi connectivity index (χ4v) is 1.89. The van der Waals surface area contributed by atoms with Gasteiger partial charge in [-0.2, -0.15) is 0 Å². The van der Waals surface area contributed by atoms with Crippen LogP contribution in [0, 0.1) is 6.92 Å². The minimum absolute atomic E-state index is 0.576. The van der Waals surface area contributed by atoms with Gasteiger partial charge >= 0.3 is 0 Å². The van der Waals surface area contributed by atoms with Gasteiger partial charge in [0, 0.05) is 18.7 Å². The number of ether oxygens (including phenoxy) is 3. The molecule has 1 aromatic heterocycles. The molecular weight excluding hydrogens is 258 g/mol. The van der Waals surface area contributed by atoms with E-state index in [-0.39, 0.29) is 0 Å². The van der Waals surface area contributed by atoms with Crippen LogP contribution in [0.3, 0.4) is 0 Å². The van der Waals surface area contributed by atoms with E-state index in [0.717, 1.165) is 23.6 Å². The van der Waals surface area contributed by atoms with Crippen molar-refractivity contribution in [3.8, 4) is 0 Å². The third-order valence-corrected chi connectivity index (χ3v) is 3.28. The number of methoxy groups -OCH3 is 1. The van der Waals surface area contributed by atoms with Crippen LogP contribution in [0.1, 0.15) is 29.9 Å². The SMILES string of the molecule is COCCOCCOCc1cc(CNC2CC2)oc1C. The predicted molar refractivity (Wildman–Crippen MR) is 75.7 cm³/mol. The van der Waals surface area contributed by atoms with E-state index in [1.807, 2.05) is 6.92 Å². The smallest absolute Gasteiger partial charge is 0.118 e. The Kier molecular flexibility index (Phi) is 6.53. The zero-order valence-electron chi connectivity index (χ0n) is 12.4. The summed E-state index contributed by atoms with van der Waals surface area (Å²) in [5.41, 5.74) is 1.12. The predicted octanol–water partition coefficient (Wildman–Crippen LogP) is 2.02. The second kappa shape index (κ2) is 8.42. The van der Waals surface area contributed by atoms with Crippen LogP contribution < -0.4 is 5.32 Å². The van der Waals surface area contributed by atoms with Gasteiger partial charge in [-0.25, -0.2) is 0 Å². The van der Waals surface area contributed by atoms with Gasteiger partial charge in [0.05, 0.1) is 39.6 Å². The van der Waals surface area contributed by atoms with E-state index >= 15 is 0 Å². The summed E-state index contributed by atoms with van der Waals surface area (Å²) < 4.78 is 21.5. The van der Waals surface area contributed by atoms with Crippen molar-refractivity contribution in [3.05, 3.63) is 23.2 Å². The Hall–Kier alpha value is -0.880. The monoisotopic (exact) mass is 283 g/mol. The summed E-state index contributed by atoms with van der Waals surface area (Å²) in [7, 11) is 1.66. The molecule has 0 atom stereocenters. The van der Waals surface area contributed by atoms with Gasteiger partial charge in [0.15, 0.2) is 0 Å². The van der Waals surface area contributed by atoms with E-state index in [0.29, 0.717) is 39.1 Å². The average molecular weight is 283 g/mol. The lowest BCUT2D eigenvalue weighted by Crippen LogP contribution is -2.14. The second-order valence-corrected chi connectivity index (χ2v) is 5.11. The van der Waals surface area contributed by atoms with Crippen molar-refractivity contribution in [3.63, 3.8) is 0 Å². The van der Waals surface area contributed by atoms with Gasteiger partial charge in [-0.1, -0.05) is 0 Å². The Morgan fingerprint density at radius 3 is 2.70 bits per heavy atom. The fourth-order valence-electron chi connectivity index (χ4n) is 1.89. The summed E-state index contributed by atoms with van der Waals surface area (Å²) in [5, 5.41) is 3.44. The van der Waals surface area contributed by atoms with Gasteiger partial charge < -0.3 is 23.9 Å². The molecule has 0 amide bonds. The molecule has 1 N–H and O–H groups in total. The van der Waals surface area contributed by atoms with Crippen LogP contribution in [0.5, 0.6) is 0 Å². The van der Waals surface area contributed by atoms with E-state index in [1.165, 1.54) is 12.8 Å². The van der Waals surface area contributed by atoms with Crippen LogP contribution >= 0.6 is 0 Å². The molecule has 1 heterocycles. The van der Waals surface area contributed by atoms with Gasteiger partial charge in [-0.05, 0) is 25.8 Å². The molecule has 0 saturated heterocycles. The molecule has 0 bridgehead atoms. The summed E-state index contributed by atoms with van der Waals surface area (Å²) in [4.78, 5) is 0. The third kappa shape index (κ3) is 5.63. The first-order valence-corrected chi connectivity index (χ1v) is 7.25. The first-order chi connectivity index (χ1) is 9.79. The highest BCUT2D eigenvalue weighted by atomic mass is 16.5. The van der Waals surface area contributed by atoms with Crippen LogP contribution in [0.25, 0.3) is 0 Å². The summed E-state index contributed by atoms with van der Waals surface area (Å²) in [6.45, 7) is 5.78. The summed E-state index contributed by atoms with van der Waals surface area (Å²) >= 11 is 0. The van der Waals surface area contributed by atoms with Crippen LogP contribution in [0.4, 0.5) is 0 Å². The third-order valence-electron chi connectivity index (χ3n) is 3.28. The van der Waals surface area contributed by atoms with Gasteiger partial charge in [-0.3, -0.25) is 0 Å². The van der Waals surface area contributed by atoms with E-state index in [1.54, 1.807) is 7.11 Å². The standard InChI is InChI=1S/C15H25NO4/c1-12-13(11-19-8-7-18-6-5-17-2)9-15(20-12)10-16-14-3-4-14/h9,14,16H,3-8,10-11H2,1-2H3. The topological polar surface area (TPSA) is 52.9 Å². The number of furan rings is 1. The molecule has 2 rings (SSSR count). The van der Waals surface area contributed by atoms with Gasteiger partial charge in [0.1, 0.15) is 11.5 Å². The zero-order valence-corrected chi connectivity index (χ0v) is 12.4. The molecule has 114 valence electrons. The highest BCUT2D eigenvalue weighted by molar-refractivity contribution is 5.20. The molecule has 1 fully saturated rings. The Labute approximate surface area is 120 Å². The number of rotatable bonds is 11. The first kappa shape index (κ1) is 15.5. The van der Waals surface area contributed by atoms with Crippen LogP contribution in [0.15, 0.2) is 10.5 Å². The minimum atomic E-state index is 0.576. The lowest BCUT2D eigenvalue weighted by atomic mass is 10.2. The quantitative estimate of drug-likeness (QED) is 0.630. The molecule has 0 aliphatic heterocycles. The van der Waals surface area contributed by atoms with E-state index < -0.39 is 0 Å². The van der Waals surface area contributed by atoms with E-state index in [4.69, 9.17) is 18.6 Å². The molecule has 0 aromatic carbocycles. The van der Waals surface area contributed by atoms with E-state index in [2.05, 4.69) is 11.4 Å². The summed E-state index contributed by atoms with van der Waals surface area (Å²) in [5.74, 6) is 1.93. The molecule has 1 aromatic rings. The number of nitrogens with one attached hydrogen (secondary N) is 1. The van der Waals surface area contributed by atoms with Crippen molar-refractivity contribution in [2.24, 2.45) is 0 Å². The maximum absolute atomic E-state index is 5.71. The van der Waals surface area contributed by atoms with Gasteiger partial charge in [0.2, 0.25) is 0 Å². The maximum Gasteiger partial charge on any atom is 0.118 e. The normalized spacial score (nSPS) is 14.9. The number of hydrogen-bond acceptors (Lipinski definition) is 5. The molecule has 20 heavy (non-hydrogen) atoms. The highest BCUT2D eigenvalue weighted by Crippen LogP contribution is 2.21. The lowest BCUT2D eigenvalue weighted by molar-refractivity contribution is 0.0197. The first-order valence-electron chi connectivity index (χ1n) is 7.25. The van der Waals surface area contributed by atoms with E-state index in [9.17, 15) is 0 Å². The molecule has 1 aliphatic rings. The fraction of sp³-hybridized carbons (Fsp3) is 0.733. The van der Waals surface area contributed by atoms with Crippen LogP contribution in [-0.2, 0) is 27.4 Å². The van der Waals surface area contributed by atoms with Crippen molar-refractivity contribution >= 4 is 0 Å². The van der Waals surface area contributed by atoms with Crippen LogP contribution in [-0.4, -0.2) is 39.6 Å². The maximum atomic E-state index is 5.71. The summed E-state index contributed by atoms with van der Waals surface area (Å²) in [6.07, 6.45) is 2.58. The Balaban J connectivity index is 1.59.